The SMILES string of the molecule is Cc1cccc(C)c1NC(=O)N(CCC(=O)N(CCc1ccccc1)Cc1ccccc1)C1CCCCC1. The summed E-state index contributed by atoms with van der Waals surface area (Å²) < 4.78 is 0. The van der Waals surface area contributed by atoms with E-state index in [2.05, 4.69) is 29.6 Å². The highest BCUT2D eigenvalue weighted by Crippen LogP contribution is 2.25. The molecule has 1 saturated carbocycles. The number of carbonyl (C=O) groups is 2. The summed E-state index contributed by atoms with van der Waals surface area (Å²) in [6.45, 7) is 5.69. The van der Waals surface area contributed by atoms with Gasteiger partial charge in [0.05, 0.1) is 0 Å². The van der Waals surface area contributed by atoms with Gasteiger partial charge in [0.25, 0.3) is 0 Å². The minimum atomic E-state index is -0.0963. The van der Waals surface area contributed by atoms with Gasteiger partial charge in [0.15, 0.2) is 0 Å². The summed E-state index contributed by atoms with van der Waals surface area (Å²) in [6.07, 6.45) is 6.58. The highest BCUT2D eigenvalue weighted by atomic mass is 16.2. The molecule has 0 atom stereocenters. The van der Waals surface area contributed by atoms with Crippen LogP contribution in [0.3, 0.4) is 0 Å². The van der Waals surface area contributed by atoms with E-state index < -0.39 is 0 Å². The monoisotopic (exact) mass is 511 g/mol. The number of aryl methyl sites for hydroxylation is 2. The summed E-state index contributed by atoms with van der Waals surface area (Å²) in [4.78, 5) is 31.1. The number of nitrogens with one attached hydrogen (secondary N) is 1. The summed E-state index contributed by atoms with van der Waals surface area (Å²) in [5, 5.41) is 3.18. The zero-order valence-electron chi connectivity index (χ0n) is 22.9. The van der Waals surface area contributed by atoms with Crippen molar-refractivity contribution in [2.45, 2.75) is 71.4 Å². The van der Waals surface area contributed by atoms with Gasteiger partial charge in [0.1, 0.15) is 0 Å². The second-order valence-electron chi connectivity index (χ2n) is 10.5. The average Bonchev–Trinajstić information content (AvgIpc) is 2.95. The van der Waals surface area contributed by atoms with E-state index in [4.69, 9.17) is 0 Å². The molecule has 0 radical (unpaired) electrons. The fourth-order valence-corrected chi connectivity index (χ4v) is 5.41. The average molecular weight is 512 g/mol. The molecule has 0 saturated heterocycles. The van der Waals surface area contributed by atoms with Gasteiger partial charge in [-0.05, 0) is 55.4 Å². The van der Waals surface area contributed by atoms with Gasteiger partial charge in [-0.1, -0.05) is 98.1 Å². The molecule has 0 aromatic heterocycles. The Kier molecular flexibility index (Phi) is 9.97. The Morgan fingerprint density at radius 3 is 2.00 bits per heavy atom. The zero-order chi connectivity index (χ0) is 26.7. The summed E-state index contributed by atoms with van der Waals surface area (Å²) in [7, 11) is 0. The Bertz CT molecular complexity index is 1150. The lowest BCUT2D eigenvalue weighted by molar-refractivity contribution is -0.132. The van der Waals surface area contributed by atoms with Gasteiger partial charge < -0.3 is 15.1 Å². The van der Waals surface area contributed by atoms with Crippen molar-refractivity contribution in [2.75, 3.05) is 18.4 Å². The maximum absolute atomic E-state index is 13.6. The molecule has 5 nitrogen and oxygen atoms in total. The van der Waals surface area contributed by atoms with Crippen LogP contribution in [0.1, 0.15) is 60.8 Å². The zero-order valence-corrected chi connectivity index (χ0v) is 22.9. The van der Waals surface area contributed by atoms with E-state index in [0.717, 1.165) is 54.5 Å². The predicted octanol–water partition coefficient (Wildman–Crippen LogP) is 7.13. The van der Waals surface area contributed by atoms with E-state index >= 15 is 0 Å². The number of nitrogens with zero attached hydrogens (tertiary/aromatic N) is 2. The van der Waals surface area contributed by atoms with E-state index in [9.17, 15) is 9.59 Å². The van der Waals surface area contributed by atoms with E-state index in [-0.39, 0.29) is 18.0 Å². The fraction of sp³-hybridized carbons (Fsp3) is 0.394. The number of para-hydroxylation sites is 1. The molecule has 38 heavy (non-hydrogen) atoms. The van der Waals surface area contributed by atoms with E-state index in [1.54, 1.807) is 0 Å². The Morgan fingerprint density at radius 1 is 0.763 bits per heavy atom. The van der Waals surface area contributed by atoms with Gasteiger partial charge in [-0.3, -0.25) is 4.79 Å². The van der Waals surface area contributed by atoms with Gasteiger partial charge in [0, 0.05) is 37.8 Å². The van der Waals surface area contributed by atoms with Gasteiger partial charge in [-0.2, -0.15) is 0 Å². The Hall–Kier alpha value is -3.60. The molecular formula is C33H41N3O2. The van der Waals surface area contributed by atoms with Crippen molar-refractivity contribution < 1.29 is 9.59 Å². The predicted molar refractivity (Wildman–Crippen MR) is 155 cm³/mol. The van der Waals surface area contributed by atoms with Crippen molar-refractivity contribution in [1.29, 1.82) is 0 Å². The van der Waals surface area contributed by atoms with Crippen LogP contribution in [0.2, 0.25) is 0 Å². The Morgan fingerprint density at radius 2 is 1.37 bits per heavy atom. The van der Waals surface area contributed by atoms with Crippen molar-refractivity contribution in [1.82, 2.24) is 9.80 Å². The van der Waals surface area contributed by atoms with Crippen molar-refractivity contribution in [3.8, 4) is 0 Å². The number of amides is 3. The van der Waals surface area contributed by atoms with Crippen LogP contribution in [-0.2, 0) is 17.8 Å². The topological polar surface area (TPSA) is 52.7 Å². The lowest BCUT2D eigenvalue weighted by Gasteiger charge is -2.35. The molecule has 1 aliphatic rings. The molecule has 0 aliphatic heterocycles. The van der Waals surface area contributed by atoms with E-state index in [1.165, 1.54) is 12.0 Å². The first-order valence-electron chi connectivity index (χ1n) is 14.0. The van der Waals surface area contributed by atoms with Crippen molar-refractivity contribution in [2.24, 2.45) is 0 Å². The normalized spacial score (nSPS) is 13.6. The van der Waals surface area contributed by atoms with Gasteiger partial charge in [-0.25, -0.2) is 4.79 Å². The molecule has 0 spiro atoms. The van der Waals surface area contributed by atoms with Crippen LogP contribution in [0.25, 0.3) is 0 Å². The standard InChI is InChI=1S/C33H41N3O2/c1-26-13-12-14-27(2)32(26)34-33(38)36(30-19-10-5-11-20-30)24-22-31(37)35(25-29-17-8-4-9-18-29)23-21-28-15-6-3-7-16-28/h3-4,6-9,12-18,30H,5,10-11,19-25H2,1-2H3,(H,34,38). The summed E-state index contributed by atoms with van der Waals surface area (Å²) in [5.41, 5.74) is 5.31. The third-order valence-electron chi connectivity index (χ3n) is 7.64. The highest BCUT2D eigenvalue weighted by Gasteiger charge is 2.27. The Labute approximate surface area is 227 Å². The van der Waals surface area contributed by atoms with Crippen LogP contribution in [0, 0.1) is 13.8 Å². The molecule has 3 aromatic rings. The molecule has 4 rings (SSSR count). The lowest BCUT2D eigenvalue weighted by atomic mass is 9.94. The lowest BCUT2D eigenvalue weighted by Crippen LogP contribution is -2.46. The first kappa shape index (κ1) is 27.4. The fourth-order valence-electron chi connectivity index (χ4n) is 5.41. The molecule has 3 aromatic carbocycles. The number of hydrogen-bond donors (Lipinski definition) is 1. The maximum Gasteiger partial charge on any atom is 0.322 e. The molecule has 1 fully saturated rings. The number of benzene rings is 3. The molecule has 5 heteroatoms. The summed E-state index contributed by atoms with van der Waals surface area (Å²) >= 11 is 0. The minimum Gasteiger partial charge on any atom is -0.338 e. The summed E-state index contributed by atoms with van der Waals surface area (Å²) in [6, 6.07) is 26.6. The van der Waals surface area contributed by atoms with Crippen molar-refractivity contribution >= 4 is 17.6 Å². The third-order valence-corrected chi connectivity index (χ3v) is 7.64. The van der Waals surface area contributed by atoms with Gasteiger partial charge in [0.2, 0.25) is 5.91 Å². The van der Waals surface area contributed by atoms with E-state index in [1.807, 2.05) is 78.2 Å². The summed E-state index contributed by atoms with van der Waals surface area (Å²) in [5.74, 6) is 0.0884. The number of carbonyl (C=O) groups excluding carboxylic acids is 2. The number of hydrogen-bond acceptors (Lipinski definition) is 2. The highest BCUT2D eigenvalue weighted by molar-refractivity contribution is 5.91. The molecular weight excluding hydrogens is 470 g/mol. The largest absolute Gasteiger partial charge is 0.338 e. The molecule has 0 heterocycles. The molecule has 200 valence electrons. The maximum atomic E-state index is 13.6. The second-order valence-corrected chi connectivity index (χ2v) is 10.5. The quantitative estimate of drug-likeness (QED) is 0.315. The molecule has 1 N–H and O–H groups in total. The van der Waals surface area contributed by atoms with Crippen LogP contribution < -0.4 is 5.32 Å². The third kappa shape index (κ3) is 7.70. The Balaban J connectivity index is 1.46. The van der Waals surface area contributed by atoms with Crippen molar-refractivity contribution in [3.63, 3.8) is 0 Å². The molecule has 0 unspecified atom stereocenters. The molecule has 0 bridgehead atoms. The first-order chi connectivity index (χ1) is 18.5. The van der Waals surface area contributed by atoms with Crippen LogP contribution in [-0.4, -0.2) is 40.9 Å². The van der Waals surface area contributed by atoms with Gasteiger partial charge in [-0.15, -0.1) is 0 Å². The second kappa shape index (κ2) is 13.8. The van der Waals surface area contributed by atoms with Crippen LogP contribution in [0.5, 0.6) is 0 Å². The van der Waals surface area contributed by atoms with Crippen LogP contribution in [0.15, 0.2) is 78.9 Å². The minimum absolute atomic E-state index is 0.0884. The van der Waals surface area contributed by atoms with E-state index in [0.29, 0.717) is 26.1 Å². The number of urea groups is 1. The smallest absolute Gasteiger partial charge is 0.322 e. The van der Waals surface area contributed by atoms with Crippen LogP contribution in [0.4, 0.5) is 10.5 Å². The van der Waals surface area contributed by atoms with Gasteiger partial charge >= 0.3 is 6.03 Å². The van der Waals surface area contributed by atoms with Crippen molar-refractivity contribution in [3.05, 3.63) is 101 Å². The molecule has 1 aliphatic carbocycles. The number of rotatable bonds is 10. The first-order valence-corrected chi connectivity index (χ1v) is 14.0. The van der Waals surface area contributed by atoms with Crippen LogP contribution >= 0.6 is 0 Å². The molecule has 3 amide bonds. The number of anilines is 1.